The summed E-state index contributed by atoms with van der Waals surface area (Å²) in [5.74, 6) is 0.0290. The fourth-order valence-electron chi connectivity index (χ4n) is 4.96. The molecule has 1 aliphatic carbocycles. The average Bonchev–Trinajstić information content (AvgIpc) is 3.10. The molecule has 0 bridgehead atoms. The molecule has 0 aromatic heterocycles. The van der Waals surface area contributed by atoms with Gasteiger partial charge >= 0.3 is 0 Å². The molecule has 1 aromatic carbocycles. The number of amides is 2. The molecule has 0 N–H and O–H groups in total. The van der Waals surface area contributed by atoms with Gasteiger partial charge in [0.2, 0.25) is 15.9 Å². The molecule has 2 aliphatic rings. The molecule has 8 nitrogen and oxygen atoms in total. The molecule has 3 rings (SSSR count). The molecule has 190 valence electrons. The first-order chi connectivity index (χ1) is 16.3. The van der Waals surface area contributed by atoms with Crippen LogP contribution in [0, 0.1) is 0 Å². The lowest BCUT2D eigenvalue weighted by molar-refractivity contribution is -0.132. The normalized spacial score (nSPS) is 18.6. The zero-order valence-corrected chi connectivity index (χ0v) is 21.7. The molecule has 1 heterocycles. The van der Waals surface area contributed by atoms with Crippen LogP contribution in [0.2, 0.25) is 0 Å². The number of hydrogen-bond donors (Lipinski definition) is 0. The van der Waals surface area contributed by atoms with Crippen LogP contribution in [0.1, 0.15) is 62.7 Å². The SMILES string of the molecule is CCN(CC)C(=O)CN1CCCN(C(=O)c2ccc(S(=O)(=O)N(C)C3CCCCC3)cc2)CC1. The van der Waals surface area contributed by atoms with Crippen molar-refractivity contribution in [3.05, 3.63) is 29.8 Å². The van der Waals surface area contributed by atoms with Gasteiger partial charge in [0.1, 0.15) is 0 Å². The average molecular weight is 493 g/mol. The second-order valence-electron chi connectivity index (χ2n) is 9.33. The maximum absolute atomic E-state index is 13.1. The van der Waals surface area contributed by atoms with Crippen LogP contribution >= 0.6 is 0 Å². The molecule has 0 unspecified atom stereocenters. The summed E-state index contributed by atoms with van der Waals surface area (Å²) in [5.41, 5.74) is 0.493. The quantitative estimate of drug-likeness (QED) is 0.557. The van der Waals surface area contributed by atoms with Gasteiger partial charge in [-0.05, 0) is 57.4 Å². The van der Waals surface area contributed by atoms with E-state index < -0.39 is 10.0 Å². The van der Waals surface area contributed by atoms with E-state index >= 15 is 0 Å². The first-order valence-corrected chi connectivity index (χ1v) is 14.1. The fraction of sp³-hybridized carbons (Fsp3) is 0.680. The molecule has 9 heteroatoms. The van der Waals surface area contributed by atoms with Gasteiger partial charge in [-0.2, -0.15) is 4.31 Å². The van der Waals surface area contributed by atoms with Gasteiger partial charge < -0.3 is 9.80 Å². The van der Waals surface area contributed by atoms with E-state index in [2.05, 4.69) is 4.90 Å². The highest BCUT2D eigenvalue weighted by Crippen LogP contribution is 2.26. The second-order valence-corrected chi connectivity index (χ2v) is 11.3. The van der Waals surface area contributed by atoms with Crippen LogP contribution in [-0.2, 0) is 14.8 Å². The first-order valence-electron chi connectivity index (χ1n) is 12.7. The van der Waals surface area contributed by atoms with E-state index in [9.17, 15) is 18.0 Å². The van der Waals surface area contributed by atoms with Crippen molar-refractivity contribution in [1.29, 1.82) is 0 Å². The third kappa shape index (κ3) is 6.37. The Kier molecular flexibility index (Phi) is 9.50. The van der Waals surface area contributed by atoms with Crippen molar-refractivity contribution in [3.63, 3.8) is 0 Å². The van der Waals surface area contributed by atoms with Crippen molar-refractivity contribution in [2.75, 3.05) is 52.9 Å². The van der Waals surface area contributed by atoms with Gasteiger partial charge in [0.15, 0.2) is 0 Å². The zero-order valence-electron chi connectivity index (χ0n) is 20.9. The minimum absolute atomic E-state index is 0.0497. The monoisotopic (exact) mass is 492 g/mol. The lowest BCUT2D eigenvalue weighted by Crippen LogP contribution is -2.42. The zero-order chi connectivity index (χ0) is 24.7. The minimum atomic E-state index is -3.58. The summed E-state index contributed by atoms with van der Waals surface area (Å²) in [4.78, 5) is 31.5. The van der Waals surface area contributed by atoms with Gasteiger partial charge in [0.05, 0.1) is 11.4 Å². The van der Waals surface area contributed by atoms with Gasteiger partial charge in [-0.15, -0.1) is 0 Å². The lowest BCUT2D eigenvalue weighted by Gasteiger charge is -2.30. The van der Waals surface area contributed by atoms with E-state index in [0.29, 0.717) is 44.8 Å². The fourth-order valence-corrected chi connectivity index (χ4v) is 6.37. The van der Waals surface area contributed by atoms with E-state index in [-0.39, 0.29) is 22.8 Å². The van der Waals surface area contributed by atoms with E-state index in [1.807, 2.05) is 18.7 Å². The predicted molar refractivity (Wildman–Crippen MR) is 133 cm³/mol. The molecule has 2 fully saturated rings. The van der Waals surface area contributed by atoms with Gasteiger partial charge in [-0.1, -0.05) is 19.3 Å². The molecule has 0 atom stereocenters. The molecular formula is C25H40N4O4S. The third-order valence-electron chi connectivity index (χ3n) is 7.22. The molecule has 1 saturated heterocycles. The molecule has 2 amide bonds. The van der Waals surface area contributed by atoms with Crippen molar-refractivity contribution < 1.29 is 18.0 Å². The van der Waals surface area contributed by atoms with Gasteiger partial charge in [0, 0.05) is 57.9 Å². The summed E-state index contributed by atoms with van der Waals surface area (Å²) < 4.78 is 27.6. The maximum Gasteiger partial charge on any atom is 0.253 e. The van der Waals surface area contributed by atoms with Crippen molar-refractivity contribution >= 4 is 21.8 Å². The molecule has 0 radical (unpaired) electrons. The summed E-state index contributed by atoms with van der Waals surface area (Å²) in [6, 6.07) is 6.39. The van der Waals surface area contributed by atoms with E-state index in [4.69, 9.17) is 0 Å². The molecule has 1 aliphatic heterocycles. The number of nitrogens with zero attached hydrogens (tertiary/aromatic N) is 4. The Bertz CT molecular complexity index is 925. The Morgan fingerprint density at radius 3 is 2.18 bits per heavy atom. The Morgan fingerprint density at radius 1 is 0.912 bits per heavy atom. The van der Waals surface area contributed by atoms with Crippen LogP contribution in [0.15, 0.2) is 29.2 Å². The third-order valence-corrected chi connectivity index (χ3v) is 9.14. The van der Waals surface area contributed by atoms with Gasteiger partial charge in [0.25, 0.3) is 5.91 Å². The summed E-state index contributed by atoms with van der Waals surface area (Å²) in [6.45, 7) is 8.35. The molecule has 1 saturated carbocycles. The summed E-state index contributed by atoms with van der Waals surface area (Å²) in [6.07, 6.45) is 5.90. The maximum atomic E-state index is 13.1. The number of sulfonamides is 1. The Hall–Kier alpha value is -1.97. The van der Waals surface area contributed by atoms with Gasteiger partial charge in [-0.3, -0.25) is 14.5 Å². The van der Waals surface area contributed by atoms with E-state index in [0.717, 1.165) is 38.6 Å². The number of carbonyl (C=O) groups excluding carboxylic acids is 2. The summed E-state index contributed by atoms with van der Waals surface area (Å²) >= 11 is 0. The Morgan fingerprint density at radius 2 is 1.56 bits per heavy atom. The number of carbonyl (C=O) groups is 2. The van der Waals surface area contributed by atoms with Crippen LogP contribution in [0.5, 0.6) is 0 Å². The number of likely N-dealkylation sites (N-methyl/N-ethyl adjacent to an activating group) is 1. The van der Waals surface area contributed by atoms with E-state index in [1.54, 1.807) is 36.2 Å². The highest BCUT2D eigenvalue weighted by atomic mass is 32.2. The van der Waals surface area contributed by atoms with Crippen LogP contribution in [0.4, 0.5) is 0 Å². The van der Waals surface area contributed by atoms with Gasteiger partial charge in [-0.25, -0.2) is 8.42 Å². The summed E-state index contributed by atoms with van der Waals surface area (Å²) in [7, 11) is -1.91. The Labute approximate surface area is 204 Å². The highest BCUT2D eigenvalue weighted by molar-refractivity contribution is 7.89. The van der Waals surface area contributed by atoms with Crippen LogP contribution < -0.4 is 0 Å². The Balaban J connectivity index is 1.60. The highest BCUT2D eigenvalue weighted by Gasteiger charge is 2.29. The van der Waals surface area contributed by atoms with Crippen molar-refractivity contribution in [1.82, 2.24) is 19.0 Å². The number of benzene rings is 1. The molecule has 34 heavy (non-hydrogen) atoms. The number of rotatable bonds is 8. The van der Waals surface area contributed by atoms with Crippen LogP contribution in [-0.4, -0.2) is 98.1 Å². The van der Waals surface area contributed by atoms with Crippen molar-refractivity contribution in [2.45, 2.75) is 63.3 Å². The molecule has 1 aromatic rings. The standard InChI is InChI=1S/C25H40N4O4S/c1-4-28(5-2)24(30)20-27-16-9-17-29(19-18-27)25(31)21-12-14-23(15-13-21)34(32,33)26(3)22-10-7-6-8-11-22/h12-15,22H,4-11,16-20H2,1-3H3. The summed E-state index contributed by atoms with van der Waals surface area (Å²) in [5, 5.41) is 0. The second kappa shape index (κ2) is 12.1. The largest absolute Gasteiger partial charge is 0.342 e. The molecule has 0 spiro atoms. The van der Waals surface area contributed by atoms with Crippen molar-refractivity contribution in [3.8, 4) is 0 Å². The van der Waals surface area contributed by atoms with E-state index in [1.165, 1.54) is 10.7 Å². The van der Waals surface area contributed by atoms with Crippen LogP contribution in [0.3, 0.4) is 0 Å². The topological polar surface area (TPSA) is 81.2 Å². The smallest absolute Gasteiger partial charge is 0.253 e. The first kappa shape index (κ1) is 26.6. The number of hydrogen-bond acceptors (Lipinski definition) is 5. The van der Waals surface area contributed by atoms with Crippen molar-refractivity contribution in [2.24, 2.45) is 0 Å². The predicted octanol–water partition coefficient (Wildman–Crippen LogP) is 2.66. The lowest BCUT2D eigenvalue weighted by atomic mass is 9.96. The minimum Gasteiger partial charge on any atom is -0.342 e. The molecular weight excluding hydrogens is 452 g/mol. The van der Waals surface area contributed by atoms with Crippen LogP contribution in [0.25, 0.3) is 0 Å².